The lowest BCUT2D eigenvalue weighted by molar-refractivity contribution is 0.236. The van der Waals surface area contributed by atoms with Gasteiger partial charge < -0.3 is 15.2 Å². The Kier molecular flexibility index (Phi) is 7.51. The fourth-order valence-corrected chi connectivity index (χ4v) is 3.63. The van der Waals surface area contributed by atoms with Gasteiger partial charge in [-0.15, -0.1) is 0 Å². The van der Waals surface area contributed by atoms with Gasteiger partial charge in [0.25, 0.3) is 0 Å². The van der Waals surface area contributed by atoms with Crippen LogP contribution in [0.15, 0.2) is 21.1 Å². The molecule has 0 heterocycles. The molecular formula is C15H23Br2NO2. The molecule has 20 heavy (non-hydrogen) atoms. The summed E-state index contributed by atoms with van der Waals surface area (Å²) in [5, 5.41) is 12.4. The van der Waals surface area contributed by atoms with E-state index >= 15 is 0 Å². The molecule has 1 rings (SSSR count). The van der Waals surface area contributed by atoms with Gasteiger partial charge in [0, 0.05) is 29.7 Å². The van der Waals surface area contributed by atoms with Crippen LogP contribution in [0, 0.1) is 5.41 Å². The molecule has 114 valence electrons. The summed E-state index contributed by atoms with van der Waals surface area (Å²) in [6, 6.07) is 4.05. The number of benzene rings is 1. The zero-order chi connectivity index (χ0) is 15.2. The first kappa shape index (κ1) is 18.0. The molecule has 0 fully saturated rings. The van der Waals surface area contributed by atoms with Crippen LogP contribution in [-0.4, -0.2) is 25.4 Å². The Morgan fingerprint density at radius 1 is 1.30 bits per heavy atom. The van der Waals surface area contributed by atoms with E-state index in [1.165, 1.54) is 0 Å². The largest absolute Gasteiger partial charge is 0.495 e. The third-order valence-corrected chi connectivity index (χ3v) is 4.27. The Morgan fingerprint density at radius 3 is 2.60 bits per heavy atom. The second kappa shape index (κ2) is 8.37. The van der Waals surface area contributed by atoms with E-state index in [2.05, 4.69) is 57.1 Å². The lowest BCUT2D eigenvalue weighted by Gasteiger charge is -2.25. The van der Waals surface area contributed by atoms with Crippen LogP contribution in [0.1, 0.15) is 32.3 Å². The summed E-state index contributed by atoms with van der Waals surface area (Å²) in [5.41, 5.74) is 1.30. The van der Waals surface area contributed by atoms with Crippen LogP contribution < -0.4 is 10.1 Å². The first-order valence-electron chi connectivity index (χ1n) is 6.73. The van der Waals surface area contributed by atoms with Crippen molar-refractivity contribution in [1.82, 2.24) is 5.32 Å². The summed E-state index contributed by atoms with van der Waals surface area (Å²) in [6.07, 6.45) is 1.86. The smallest absolute Gasteiger partial charge is 0.137 e. The maximum Gasteiger partial charge on any atom is 0.137 e. The van der Waals surface area contributed by atoms with Crippen LogP contribution in [0.25, 0.3) is 0 Å². The van der Waals surface area contributed by atoms with Crippen molar-refractivity contribution in [1.29, 1.82) is 0 Å². The molecule has 0 radical (unpaired) electrons. The van der Waals surface area contributed by atoms with Crippen LogP contribution in [0.4, 0.5) is 0 Å². The molecule has 3 nitrogen and oxygen atoms in total. The minimum Gasteiger partial charge on any atom is -0.495 e. The lowest BCUT2D eigenvalue weighted by Crippen LogP contribution is -2.29. The molecule has 5 heteroatoms. The van der Waals surface area contributed by atoms with E-state index in [0.29, 0.717) is 0 Å². The van der Waals surface area contributed by atoms with Gasteiger partial charge in [0.15, 0.2) is 0 Å². The Labute approximate surface area is 138 Å². The van der Waals surface area contributed by atoms with E-state index < -0.39 is 0 Å². The normalized spacial score (nSPS) is 11.7. The van der Waals surface area contributed by atoms with Crippen LogP contribution in [0.2, 0.25) is 0 Å². The molecule has 0 saturated carbocycles. The summed E-state index contributed by atoms with van der Waals surface area (Å²) in [5.74, 6) is 0.869. The molecule has 0 unspecified atom stereocenters. The molecule has 0 aliphatic carbocycles. The molecule has 1 aromatic rings. The fraction of sp³-hybridized carbons (Fsp3) is 0.600. The van der Waals surface area contributed by atoms with Gasteiger partial charge in [0.1, 0.15) is 5.75 Å². The molecule has 0 atom stereocenters. The predicted molar refractivity (Wildman–Crippen MR) is 90.2 cm³/mol. The molecule has 0 amide bonds. The van der Waals surface area contributed by atoms with E-state index in [-0.39, 0.29) is 12.0 Å². The number of ether oxygens (including phenoxy) is 1. The number of halogens is 2. The summed E-state index contributed by atoms with van der Waals surface area (Å²) >= 11 is 7.01. The topological polar surface area (TPSA) is 41.5 Å². The van der Waals surface area contributed by atoms with E-state index in [0.717, 1.165) is 46.2 Å². The van der Waals surface area contributed by atoms with Crippen LogP contribution in [0.3, 0.4) is 0 Å². The SMILES string of the molecule is COc1c(Br)cc(Br)cc1CNCC(C)(C)CCCO. The van der Waals surface area contributed by atoms with Crippen molar-refractivity contribution in [2.75, 3.05) is 20.3 Å². The minimum atomic E-state index is 0.180. The summed E-state index contributed by atoms with van der Waals surface area (Å²) in [6.45, 7) is 6.34. The van der Waals surface area contributed by atoms with Gasteiger partial charge in [-0.1, -0.05) is 29.8 Å². The Balaban J connectivity index is 2.62. The highest BCUT2D eigenvalue weighted by molar-refractivity contribution is 9.11. The monoisotopic (exact) mass is 407 g/mol. The number of aliphatic hydroxyl groups is 1. The molecule has 0 spiro atoms. The third-order valence-electron chi connectivity index (χ3n) is 3.22. The molecule has 0 aliphatic heterocycles. The summed E-state index contributed by atoms with van der Waals surface area (Å²) in [7, 11) is 1.68. The summed E-state index contributed by atoms with van der Waals surface area (Å²) in [4.78, 5) is 0. The average molecular weight is 409 g/mol. The van der Waals surface area contributed by atoms with Crippen molar-refractivity contribution in [3.8, 4) is 5.75 Å². The highest BCUT2D eigenvalue weighted by Crippen LogP contribution is 2.32. The number of aliphatic hydroxyl groups excluding tert-OH is 1. The number of hydrogen-bond acceptors (Lipinski definition) is 3. The maximum atomic E-state index is 8.92. The first-order valence-corrected chi connectivity index (χ1v) is 8.32. The van der Waals surface area contributed by atoms with Crippen molar-refractivity contribution in [2.24, 2.45) is 5.41 Å². The Hall–Kier alpha value is -0.100. The molecule has 1 aromatic carbocycles. The van der Waals surface area contributed by atoms with Gasteiger partial charge in [0.2, 0.25) is 0 Å². The molecule has 0 aromatic heterocycles. The van der Waals surface area contributed by atoms with Gasteiger partial charge in [-0.3, -0.25) is 0 Å². The number of nitrogens with one attached hydrogen (secondary N) is 1. The van der Waals surface area contributed by atoms with E-state index in [9.17, 15) is 0 Å². The van der Waals surface area contributed by atoms with Crippen molar-refractivity contribution < 1.29 is 9.84 Å². The van der Waals surface area contributed by atoms with Crippen molar-refractivity contribution in [3.63, 3.8) is 0 Å². The zero-order valence-corrected chi connectivity index (χ0v) is 15.5. The molecule has 2 N–H and O–H groups in total. The zero-order valence-electron chi connectivity index (χ0n) is 12.3. The van der Waals surface area contributed by atoms with Gasteiger partial charge in [-0.05, 0) is 46.3 Å². The molecule has 0 saturated heterocycles. The van der Waals surface area contributed by atoms with E-state index in [1.54, 1.807) is 7.11 Å². The number of methoxy groups -OCH3 is 1. The van der Waals surface area contributed by atoms with Crippen LogP contribution in [0.5, 0.6) is 5.75 Å². The van der Waals surface area contributed by atoms with Crippen molar-refractivity contribution in [2.45, 2.75) is 33.2 Å². The van der Waals surface area contributed by atoms with E-state index in [1.807, 2.05) is 6.07 Å². The second-order valence-electron chi connectivity index (χ2n) is 5.67. The van der Waals surface area contributed by atoms with Crippen molar-refractivity contribution in [3.05, 3.63) is 26.6 Å². The quantitative estimate of drug-likeness (QED) is 0.680. The standard InChI is InChI=1S/C15H23Br2NO2/c1-15(2,5-4-6-19)10-18-9-11-7-12(16)8-13(17)14(11)20-3/h7-8,18-19H,4-6,9-10H2,1-3H3. The first-order chi connectivity index (χ1) is 9.39. The molecular weight excluding hydrogens is 386 g/mol. The predicted octanol–water partition coefficient (Wildman–Crippen LogP) is 4.11. The average Bonchev–Trinajstić information content (AvgIpc) is 2.36. The number of hydrogen-bond donors (Lipinski definition) is 2. The van der Waals surface area contributed by atoms with Crippen LogP contribution >= 0.6 is 31.9 Å². The fourth-order valence-electron chi connectivity index (χ4n) is 2.16. The van der Waals surface area contributed by atoms with E-state index in [4.69, 9.17) is 9.84 Å². The number of rotatable bonds is 8. The third kappa shape index (κ3) is 5.72. The highest BCUT2D eigenvalue weighted by atomic mass is 79.9. The lowest BCUT2D eigenvalue weighted by atomic mass is 9.88. The summed E-state index contributed by atoms with van der Waals surface area (Å²) < 4.78 is 7.42. The van der Waals surface area contributed by atoms with Gasteiger partial charge in [0.05, 0.1) is 11.6 Å². The van der Waals surface area contributed by atoms with Gasteiger partial charge >= 0.3 is 0 Å². The van der Waals surface area contributed by atoms with Gasteiger partial charge in [-0.2, -0.15) is 0 Å². The second-order valence-corrected chi connectivity index (χ2v) is 7.44. The molecule has 0 aliphatic rings. The molecule has 0 bridgehead atoms. The Morgan fingerprint density at radius 2 is 2.00 bits per heavy atom. The minimum absolute atomic E-state index is 0.180. The maximum absolute atomic E-state index is 8.92. The van der Waals surface area contributed by atoms with Crippen LogP contribution in [-0.2, 0) is 6.54 Å². The Bertz CT molecular complexity index is 436. The highest BCUT2D eigenvalue weighted by Gasteiger charge is 2.17. The van der Waals surface area contributed by atoms with Crippen molar-refractivity contribution >= 4 is 31.9 Å². The van der Waals surface area contributed by atoms with Gasteiger partial charge in [-0.25, -0.2) is 0 Å².